The molecule has 1 heterocycles. The first kappa shape index (κ1) is 24.5. The maximum absolute atomic E-state index is 13.0. The van der Waals surface area contributed by atoms with Gasteiger partial charge in [-0.1, -0.05) is 36.4 Å². The van der Waals surface area contributed by atoms with Gasteiger partial charge in [-0.15, -0.1) is 0 Å². The summed E-state index contributed by atoms with van der Waals surface area (Å²) < 4.78 is 5.38. The number of carbonyl (C=O) groups excluding carboxylic acids is 2. The number of morpholine rings is 1. The van der Waals surface area contributed by atoms with Gasteiger partial charge < -0.3 is 25.6 Å². The van der Waals surface area contributed by atoms with E-state index in [1.165, 1.54) is 0 Å². The van der Waals surface area contributed by atoms with Crippen molar-refractivity contribution in [3.8, 4) is 0 Å². The lowest BCUT2D eigenvalue weighted by atomic mass is 10.1. The first-order chi connectivity index (χ1) is 17.0. The normalized spacial score (nSPS) is 13.9. The standard InChI is InChI=1S/C27H33N5O3/c1-31(2)25-12-11-21(19-23(25)26(33)28-13-6-14-32-15-17-35-18-16-32)29-27(34)30-24-10-5-8-20-7-3-4-9-22(20)24/h3-5,7-12,19H,6,13-18H2,1-2H3,(H,28,33)(H2,29,30,34). The number of benzene rings is 3. The van der Waals surface area contributed by atoms with Crippen molar-refractivity contribution < 1.29 is 14.3 Å². The summed E-state index contributed by atoms with van der Waals surface area (Å²) >= 11 is 0. The van der Waals surface area contributed by atoms with Crippen LogP contribution in [-0.2, 0) is 4.74 Å². The maximum atomic E-state index is 13.0. The fraction of sp³-hybridized carbons (Fsp3) is 0.333. The van der Waals surface area contributed by atoms with Crippen molar-refractivity contribution in [2.45, 2.75) is 6.42 Å². The molecule has 0 saturated carbocycles. The van der Waals surface area contributed by atoms with Gasteiger partial charge in [-0.3, -0.25) is 9.69 Å². The summed E-state index contributed by atoms with van der Waals surface area (Å²) in [5.74, 6) is -0.159. The van der Waals surface area contributed by atoms with Crippen LogP contribution in [-0.4, -0.2) is 70.3 Å². The molecule has 3 amide bonds. The molecule has 0 atom stereocenters. The highest BCUT2D eigenvalue weighted by Crippen LogP contribution is 2.25. The van der Waals surface area contributed by atoms with Crippen LogP contribution in [0, 0.1) is 0 Å². The highest BCUT2D eigenvalue weighted by molar-refractivity contribution is 6.07. The molecule has 184 valence electrons. The zero-order valence-electron chi connectivity index (χ0n) is 20.3. The zero-order chi connectivity index (χ0) is 24.6. The molecule has 4 rings (SSSR count). The van der Waals surface area contributed by atoms with Gasteiger partial charge in [0.2, 0.25) is 0 Å². The second-order valence-corrected chi connectivity index (χ2v) is 8.80. The van der Waals surface area contributed by atoms with E-state index in [0.717, 1.165) is 61.4 Å². The third-order valence-corrected chi connectivity index (χ3v) is 6.06. The average Bonchev–Trinajstić information content (AvgIpc) is 2.87. The summed E-state index contributed by atoms with van der Waals surface area (Å²) in [6, 6.07) is 18.7. The van der Waals surface area contributed by atoms with Gasteiger partial charge in [-0.05, 0) is 42.6 Å². The summed E-state index contributed by atoms with van der Waals surface area (Å²) in [6.45, 7) is 4.93. The van der Waals surface area contributed by atoms with E-state index < -0.39 is 0 Å². The Balaban J connectivity index is 1.39. The molecular formula is C27H33N5O3. The molecule has 3 aromatic carbocycles. The second-order valence-electron chi connectivity index (χ2n) is 8.80. The number of fused-ring (bicyclic) bond motifs is 1. The Morgan fingerprint density at radius 1 is 0.971 bits per heavy atom. The van der Waals surface area contributed by atoms with Crippen LogP contribution in [0.25, 0.3) is 10.8 Å². The van der Waals surface area contributed by atoms with E-state index in [9.17, 15) is 9.59 Å². The Labute approximate surface area is 206 Å². The van der Waals surface area contributed by atoms with Crippen LogP contribution in [0.15, 0.2) is 60.7 Å². The summed E-state index contributed by atoms with van der Waals surface area (Å²) in [5.41, 5.74) is 2.58. The molecule has 8 heteroatoms. The summed E-state index contributed by atoms with van der Waals surface area (Å²) in [6.07, 6.45) is 0.869. The van der Waals surface area contributed by atoms with E-state index in [0.29, 0.717) is 17.8 Å². The van der Waals surface area contributed by atoms with E-state index in [1.54, 1.807) is 12.1 Å². The van der Waals surface area contributed by atoms with Crippen LogP contribution in [0.1, 0.15) is 16.8 Å². The van der Waals surface area contributed by atoms with Crippen LogP contribution in [0.4, 0.5) is 21.9 Å². The molecule has 8 nitrogen and oxygen atoms in total. The van der Waals surface area contributed by atoms with Crippen LogP contribution < -0.4 is 20.9 Å². The minimum Gasteiger partial charge on any atom is -0.379 e. The number of urea groups is 1. The van der Waals surface area contributed by atoms with Gasteiger partial charge in [0.15, 0.2) is 0 Å². The zero-order valence-corrected chi connectivity index (χ0v) is 20.3. The van der Waals surface area contributed by atoms with E-state index in [1.807, 2.05) is 67.5 Å². The number of hydrogen-bond donors (Lipinski definition) is 3. The molecule has 0 unspecified atom stereocenters. The summed E-state index contributed by atoms with van der Waals surface area (Å²) in [4.78, 5) is 30.0. The monoisotopic (exact) mass is 475 g/mol. The number of rotatable bonds is 8. The Kier molecular flexibility index (Phi) is 8.18. The fourth-order valence-electron chi connectivity index (χ4n) is 4.23. The Morgan fingerprint density at radius 3 is 2.54 bits per heavy atom. The van der Waals surface area contributed by atoms with Crippen molar-refractivity contribution in [2.75, 3.05) is 69.0 Å². The van der Waals surface area contributed by atoms with Crippen molar-refractivity contribution in [1.82, 2.24) is 10.2 Å². The molecule has 1 saturated heterocycles. The third-order valence-electron chi connectivity index (χ3n) is 6.06. The summed E-state index contributed by atoms with van der Waals surface area (Å²) in [5, 5.41) is 10.8. The molecule has 0 bridgehead atoms. The van der Waals surface area contributed by atoms with Crippen molar-refractivity contribution in [3.05, 3.63) is 66.2 Å². The van der Waals surface area contributed by atoms with E-state index in [2.05, 4.69) is 20.9 Å². The number of nitrogens with zero attached hydrogens (tertiary/aromatic N) is 2. The molecule has 3 N–H and O–H groups in total. The van der Waals surface area contributed by atoms with Crippen molar-refractivity contribution in [1.29, 1.82) is 0 Å². The SMILES string of the molecule is CN(C)c1ccc(NC(=O)Nc2cccc3ccccc23)cc1C(=O)NCCCN1CCOCC1. The number of anilines is 3. The van der Waals surface area contributed by atoms with Gasteiger partial charge in [0, 0.05) is 50.5 Å². The quantitative estimate of drug-likeness (QED) is 0.429. The van der Waals surface area contributed by atoms with Crippen molar-refractivity contribution >= 4 is 39.8 Å². The fourth-order valence-corrected chi connectivity index (χ4v) is 4.23. The Morgan fingerprint density at radius 2 is 1.74 bits per heavy atom. The number of carbonyl (C=O) groups is 2. The highest BCUT2D eigenvalue weighted by Gasteiger charge is 2.16. The molecule has 1 aliphatic heterocycles. The van der Waals surface area contributed by atoms with Crippen LogP contribution in [0.2, 0.25) is 0 Å². The van der Waals surface area contributed by atoms with Crippen LogP contribution in [0.3, 0.4) is 0 Å². The number of nitrogens with one attached hydrogen (secondary N) is 3. The molecule has 0 aromatic heterocycles. The lowest BCUT2D eigenvalue weighted by molar-refractivity contribution is 0.0374. The van der Waals surface area contributed by atoms with Crippen molar-refractivity contribution in [3.63, 3.8) is 0 Å². The predicted octanol–water partition coefficient (Wildman–Crippen LogP) is 4.00. The lowest BCUT2D eigenvalue weighted by Gasteiger charge is -2.26. The van der Waals surface area contributed by atoms with Crippen molar-refractivity contribution in [2.24, 2.45) is 0 Å². The van der Waals surface area contributed by atoms with Gasteiger partial charge in [0.05, 0.1) is 24.5 Å². The summed E-state index contributed by atoms with van der Waals surface area (Å²) in [7, 11) is 3.79. The number of amides is 3. The molecule has 1 aliphatic rings. The Hall–Kier alpha value is -3.62. The second kappa shape index (κ2) is 11.7. The highest BCUT2D eigenvalue weighted by atomic mass is 16.5. The Bertz CT molecular complexity index is 1170. The minimum absolute atomic E-state index is 0.159. The number of ether oxygens (including phenoxy) is 1. The van der Waals surface area contributed by atoms with E-state index >= 15 is 0 Å². The maximum Gasteiger partial charge on any atom is 0.323 e. The third kappa shape index (κ3) is 6.49. The largest absolute Gasteiger partial charge is 0.379 e. The smallest absolute Gasteiger partial charge is 0.323 e. The molecule has 35 heavy (non-hydrogen) atoms. The minimum atomic E-state index is -0.365. The molecule has 0 spiro atoms. The predicted molar refractivity (Wildman–Crippen MR) is 142 cm³/mol. The van der Waals surface area contributed by atoms with Gasteiger partial charge in [0.1, 0.15) is 0 Å². The van der Waals surface area contributed by atoms with E-state index in [4.69, 9.17) is 4.74 Å². The van der Waals surface area contributed by atoms with Gasteiger partial charge in [-0.2, -0.15) is 0 Å². The van der Waals surface area contributed by atoms with Crippen LogP contribution in [0.5, 0.6) is 0 Å². The topological polar surface area (TPSA) is 85.9 Å². The van der Waals surface area contributed by atoms with Crippen LogP contribution >= 0.6 is 0 Å². The van der Waals surface area contributed by atoms with Gasteiger partial charge in [-0.25, -0.2) is 4.79 Å². The molecular weight excluding hydrogens is 442 g/mol. The molecule has 0 radical (unpaired) electrons. The molecule has 3 aromatic rings. The molecule has 1 fully saturated rings. The van der Waals surface area contributed by atoms with Gasteiger partial charge >= 0.3 is 6.03 Å². The number of hydrogen-bond acceptors (Lipinski definition) is 5. The first-order valence-electron chi connectivity index (χ1n) is 12.0. The molecule has 0 aliphatic carbocycles. The average molecular weight is 476 g/mol. The lowest BCUT2D eigenvalue weighted by Crippen LogP contribution is -2.38. The first-order valence-corrected chi connectivity index (χ1v) is 12.0. The van der Waals surface area contributed by atoms with E-state index in [-0.39, 0.29) is 11.9 Å². The van der Waals surface area contributed by atoms with Gasteiger partial charge in [0.25, 0.3) is 5.91 Å².